The summed E-state index contributed by atoms with van der Waals surface area (Å²) in [5.74, 6) is 0.683. The van der Waals surface area contributed by atoms with Gasteiger partial charge in [-0.1, -0.05) is 35.9 Å². The predicted octanol–water partition coefficient (Wildman–Crippen LogP) is 4.72. The van der Waals surface area contributed by atoms with Crippen LogP contribution in [0.5, 0.6) is 0 Å². The molecule has 142 valence electrons. The number of aryl methyl sites for hydroxylation is 3. The molecular weight excluding hydrogens is 328 g/mol. The third-order valence-electron chi connectivity index (χ3n) is 7.13. The van der Waals surface area contributed by atoms with Crippen LogP contribution in [0.2, 0.25) is 0 Å². The van der Waals surface area contributed by atoms with Crippen molar-refractivity contribution in [2.45, 2.75) is 57.4 Å². The molecule has 2 aliphatic heterocycles. The maximum Gasteiger partial charge on any atom is 0.0405 e. The molecule has 1 fully saturated rings. The Labute approximate surface area is 164 Å². The standard InChI is InChI=1S/C25H32N2/c1-18-7-10-24-22(15-18)23-17-26(2)13-12-25(23)27(24)14-11-19-8-9-20-5-3-4-6-21(20)16-19/h7-10,15-16,23,25H,3-6,11-14,17H2,1-2H3. The molecular formula is C25H32N2. The van der Waals surface area contributed by atoms with Crippen molar-refractivity contribution in [2.75, 3.05) is 31.6 Å². The fourth-order valence-electron chi connectivity index (χ4n) is 5.67. The van der Waals surface area contributed by atoms with Crippen LogP contribution in [0.25, 0.3) is 0 Å². The second kappa shape index (κ2) is 6.98. The van der Waals surface area contributed by atoms with E-state index in [9.17, 15) is 0 Å². The van der Waals surface area contributed by atoms with E-state index >= 15 is 0 Å². The Bertz CT molecular complexity index is 840. The first-order chi connectivity index (χ1) is 13.2. The molecule has 2 unspecified atom stereocenters. The number of likely N-dealkylation sites (N-methyl/N-ethyl adjacent to an activating group) is 1. The minimum absolute atomic E-state index is 0.683. The lowest BCUT2D eigenvalue weighted by Crippen LogP contribution is -2.45. The van der Waals surface area contributed by atoms with Crippen LogP contribution in [-0.2, 0) is 19.3 Å². The second-order valence-electron chi connectivity index (χ2n) is 9.04. The molecule has 0 amide bonds. The SMILES string of the molecule is Cc1ccc2c(c1)C1CN(C)CCC1N2CCc1ccc2c(c1)CCCC2. The molecule has 0 spiro atoms. The number of nitrogens with zero attached hydrogens (tertiary/aromatic N) is 2. The van der Waals surface area contributed by atoms with E-state index in [-0.39, 0.29) is 0 Å². The summed E-state index contributed by atoms with van der Waals surface area (Å²) in [6.07, 6.45) is 7.76. The summed E-state index contributed by atoms with van der Waals surface area (Å²) in [5.41, 5.74) is 9.24. The van der Waals surface area contributed by atoms with Crippen LogP contribution in [0.4, 0.5) is 5.69 Å². The second-order valence-corrected chi connectivity index (χ2v) is 9.04. The Hall–Kier alpha value is -1.80. The van der Waals surface area contributed by atoms with Gasteiger partial charge in [0, 0.05) is 30.7 Å². The van der Waals surface area contributed by atoms with Crippen LogP contribution in [-0.4, -0.2) is 37.6 Å². The van der Waals surface area contributed by atoms with Gasteiger partial charge in [-0.3, -0.25) is 0 Å². The fraction of sp³-hybridized carbons (Fsp3) is 0.520. The summed E-state index contributed by atoms with van der Waals surface area (Å²) < 4.78 is 0. The zero-order valence-corrected chi connectivity index (χ0v) is 16.9. The number of likely N-dealkylation sites (tertiary alicyclic amines) is 1. The van der Waals surface area contributed by atoms with Crippen molar-refractivity contribution in [3.8, 4) is 0 Å². The molecule has 0 N–H and O–H groups in total. The highest BCUT2D eigenvalue weighted by molar-refractivity contribution is 5.63. The number of hydrogen-bond acceptors (Lipinski definition) is 2. The number of anilines is 1. The average molecular weight is 361 g/mol. The van der Waals surface area contributed by atoms with Gasteiger partial charge >= 0.3 is 0 Å². The Kier molecular flexibility index (Phi) is 4.47. The lowest BCUT2D eigenvalue weighted by atomic mass is 9.88. The minimum Gasteiger partial charge on any atom is -0.367 e. The van der Waals surface area contributed by atoms with Crippen molar-refractivity contribution in [2.24, 2.45) is 0 Å². The summed E-state index contributed by atoms with van der Waals surface area (Å²) in [6.45, 7) is 5.82. The molecule has 2 heteroatoms. The lowest BCUT2D eigenvalue weighted by Gasteiger charge is -2.37. The summed E-state index contributed by atoms with van der Waals surface area (Å²) >= 11 is 0. The van der Waals surface area contributed by atoms with Gasteiger partial charge in [0.15, 0.2) is 0 Å². The van der Waals surface area contributed by atoms with Crippen molar-refractivity contribution in [1.29, 1.82) is 0 Å². The smallest absolute Gasteiger partial charge is 0.0405 e. The van der Waals surface area contributed by atoms with E-state index in [1.54, 1.807) is 16.7 Å². The van der Waals surface area contributed by atoms with Crippen molar-refractivity contribution in [1.82, 2.24) is 4.90 Å². The van der Waals surface area contributed by atoms with E-state index in [1.165, 1.54) is 68.4 Å². The fourth-order valence-corrected chi connectivity index (χ4v) is 5.67. The number of piperidine rings is 1. The molecule has 1 aliphatic carbocycles. The third-order valence-corrected chi connectivity index (χ3v) is 7.13. The van der Waals surface area contributed by atoms with E-state index in [1.807, 2.05) is 0 Å². The van der Waals surface area contributed by atoms with Gasteiger partial charge in [-0.15, -0.1) is 0 Å². The van der Waals surface area contributed by atoms with Gasteiger partial charge in [0.05, 0.1) is 0 Å². The number of hydrogen-bond donors (Lipinski definition) is 0. The molecule has 1 saturated heterocycles. The monoisotopic (exact) mass is 360 g/mol. The topological polar surface area (TPSA) is 6.48 Å². The Balaban J connectivity index is 1.38. The number of benzene rings is 2. The van der Waals surface area contributed by atoms with Crippen molar-refractivity contribution in [3.05, 3.63) is 64.2 Å². The van der Waals surface area contributed by atoms with Crippen LogP contribution in [0.3, 0.4) is 0 Å². The molecule has 2 aromatic carbocycles. The summed E-state index contributed by atoms with van der Waals surface area (Å²) in [4.78, 5) is 5.26. The van der Waals surface area contributed by atoms with E-state index < -0.39 is 0 Å². The highest BCUT2D eigenvalue weighted by atomic mass is 15.2. The van der Waals surface area contributed by atoms with Gasteiger partial charge in [-0.2, -0.15) is 0 Å². The first kappa shape index (κ1) is 17.3. The molecule has 2 nitrogen and oxygen atoms in total. The van der Waals surface area contributed by atoms with Crippen molar-refractivity contribution >= 4 is 5.69 Å². The molecule has 0 saturated carbocycles. The van der Waals surface area contributed by atoms with Gasteiger partial charge in [0.2, 0.25) is 0 Å². The average Bonchev–Trinajstić information content (AvgIpc) is 2.98. The maximum absolute atomic E-state index is 2.74. The van der Waals surface area contributed by atoms with Gasteiger partial charge in [-0.25, -0.2) is 0 Å². The minimum atomic E-state index is 0.683. The van der Waals surface area contributed by atoms with Gasteiger partial charge in [0.1, 0.15) is 0 Å². The molecule has 3 aliphatic rings. The zero-order valence-electron chi connectivity index (χ0n) is 16.9. The molecule has 0 radical (unpaired) electrons. The summed E-state index contributed by atoms with van der Waals surface area (Å²) in [6, 6.07) is 15.1. The third kappa shape index (κ3) is 3.18. The van der Waals surface area contributed by atoms with E-state index in [4.69, 9.17) is 0 Å². The number of rotatable bonds is 3. The van der Waals surface area contributed by atoms with Crippen LogP contribution in [0.15, 0.2) is 36.4 Å². The van der Waals surface area contributed by atoms with Gasteiger partial charge in [-0.05, 0) is 87.4 Å². The van der Waals surface area contributed by atoms with Crippen LogP contribution in [0.1, 0.15) is 53.0 Å². The summed E-state index contributed by atoms with van der Waals surface area (Å²) in [5, 5.41) is 0. The van der Waals surface area contributed by atoms with Crippen molar-refractivity contribution < 1.29 is 0 Å². The van der Waals surface area contributed by atoms with Gasteiger partial charge in [0.25, 0.3) is 0 Å². The lowest BCUT2D eigenvalue weighted by molar-refractivity contribution is 0.231. The first-order valence-corrected chi connectivity index (χ1v) is 10.9. The molecule has 0 bridgehead atoms. The Morgan fingerprint density at radius 1 is 1.00 bits per heavy atom. The largest absolute Gasteiger partial charge is 0.367 e. The summed E-state index contributed by atoms with van der Waals surface area (Å²) in [7, 11) is 2.28. The Morgan fingerprint density at radius 3 is 2.74 bits per heavy atom. The normalized spacial score (nSPS) is 24.4. The maximum atomic E-state index is 2.74. The van der Waals surface area contributed by atoms with E-state index in [0.29, 0.717) is 12.0 Å². The molecule has 2 aromatic rings. The van der Waals surface area contributed by atoms with Gasteiger partial charge < -0.3 is 9.80 Å². The van der Waals surface area contributed by atoms with Crippen LogP contribution < -0.4 is 4.90 Å². The quantitative estimate of drug-likeness (QED) is 0.781. The van der Waals surface area contributed by atoms with Crippen LogP contribution >= 0.6 is 0 Å². The highest BCUT2D eigenvalue weighted by Crippen LogP contribution is 2.44. The highest BCUT2D eigenvalue weighted by Gasteiger charge is 2.40. The first-order valence-electron chi connectivity index (χ1n) is 10.9. The predicted molar refractivity (Wildman–Crippen MR) is 114 cm³/mol. The molecule has 0 aromatic heterocycles. The van der Waals surface area contributed by atoms with Crippen LogP contribution in [0, 0.1) is 6.92 Å². The Morgan fingerprint density at radius 2 is 1.85 bits per heavy atom. The zero-order chi connectivity index (χ0) is 18.4. The van der Waals surface area contributed by atoms with Crippen molar-refractivity contribution in [3.63, 3.8) is 0 Å². The molecule has 27 heavy (non-hydrogen) atoms. The molecule has 2 atom stereocenters. The number of fused-ring (bicyclic) bond motifs is 4. The van der Waals surface area contributed by atoms with E-state index in [2.05, 4.69) is 60.2 Å². The van der Waals surface area contributed by atoms with E-state index in [0.717, 1.165) is 6.54 Å². The molecule has 5 rings (SSSR count). The molecule has 2 heterocycles.